The maximum absolute atomic E-state index is 12.4. The van der Waals surface area contributed by atoms with Gasteiger partial charge in [0.1, 0.15) is 5.56 Å². The number of anilines is 1. The number of hydrogen-bond acceptors (Lipinski definition) is 6. The van der Waals surface area contributed by atoms with E-state index in [1.54, 1.807) is 24.3 Å². The van der Waals surface area contributed by atoms with Gasteiger partial charge in [0.05, 0.1) is 9.35 Å². The van der Waals surface area contributed by atoms with E-state index in [0.29, 0.717) is 16.1 Å². The summed E-state index contributed by atoms with van der Waals surface area (Å²) in [6.07, 6.45) is 1.41. The van der Waals surface area contributed by atoms with E-state index in [0.717, 1.165) is 11.3 Å². The van der Waals surface area contributed by atoms with Crippen molar-refractivity contribution in [1.29, 1.82) is 0 Å². The highest BCUT2D eigenvalue weighted by molar-refractivity contribution is 9.10. The first kappa shape index (κ1) is 21.3. The third-order valence-corrected chi connectivity index (χ3v) is 6.02. The molecule has 11 heteroatoms. The molecule has 0 aliphatic rings. The van der Waals surface area contributed by atoms with Gasteiger partial charge < -0.3 is 25.3 Å². The van der Waals surface area contributed by atoms with Gasteiger partial charge in [0.15, 0.2) is 17.2 Å². The standard InChI is InChI=1S/C19H13BrN2O7S/c20-13-14(29-8-12(23)24)16(19(27)28)30-15(13)9-3-1-4-10(7-9)22-18(26)11-5-2-6-21-17(11)25/h1-7H,8H2,(H,21,25)(H,22,26)(H,23,24)(H,27,28). The van der Waals surface area contributed by atoms with E-state index in [2.05, 4.69) is 26.2 Å². The lowest BCUT2D eigenvalue weighted by Crippen LogP contribution is -2.22. The quantitative estimate of drug-likeness (QED) is 0.395. The Morgan fingerprint density at radius 1 is 1.17 bits per heavy atom. The highest BCUT2D eigenvalue weighted by atomic mass is 79.9. The fraction of sp³-hybridized carbons (Fsp3) is 0.0526. The van der Waals surface area contributed by atoms with E-state index in [1.165, 1.54) is 18.3 Å². The van der Waals surface area contributed by atoms with Crippen LogP contribution < -0.4 is 15.6 Å². The summed E-state index contributed by atoms with van der Waals surface area (Å²) in [6.45, 7) is -0.698. The molecule has 0 radical (unpaired) electrons. The zero-order valence-electron chi connectivity index (χ0n) is 15.0. The van der Waals surface area contributed by atoms with Crippen LogP contribution in [0.4, 0.5) is 5.69 Å². The van der Waals surface area contributed by atoms with Crippen molar-refractivity contribution in [1.82, 2.24) is 4.98 Å². The molecule has 0 aliphatic heterocycles. The number of halogens is 1. The van der Waals surface area contributed by atoms with Gasteiger partial charge in [-0.05, 0) is 45.8 Å². The molecule has 9 nitrogen and oxygen atoms in total. The number of hydrogen-bond donors (Lipinski definition) is 4. The second-order valence-electron chi connectivity index (χ2n) is 5.84. The topological polar surface area (TPSA) is 146 Å². The highest BCUT2D eigenvalue weighted by Gasteiger charge is 2.24. The van der Waals surface area contributed by atoms with Crippen molar-refractivity contribution in [3.8, 4) is 16.2 Å². The number of carboxylic acids is 2. The zero-order chi connectivity index (χ0) is 21.8. The maximum Gasteiger partial charge on any atom is 0.349 e. The number of H-pyrrole nitrogens is 1. The smallest absolute Gasteiger partial charge is 0.349 e. The molecular formula is C19H13BrN2O7S. The van der Waals surface area contributed by atoms with E-state index >= 15 is 0 Å². The minimum atomic E-state index is -1.26. The first-order valence-corrected chi connectivity index (χ1v) is 9.88. The number of carbonyl (C=O) groups excluding carboxylic acids is 1. The summed E-state index contributed by atoms with van der Waals surface area (Å²) in [5.74, 6) is -3.20. The summed E-state index contributed by atoms with van der Waals surface area (Å²) < 4.78 is 5.42. The number of aliphatic carboxylic acids is 1. The molecule has 0 aliphatic carbocycles. The number of aromatic carboxylic acids is 1. The van der Waals surface area contributed by atoms with Crippen LogP contribution in [0, 0.1) is 0 Å². The van der Waals surface area contributed by atoms with Gasteiger partial charge in [0.25, 0.3) is 11.5 Å². The molecule has 0 bridgehead atoms. The van der Waals surface area contributed by atoms with Gasteiger partial charge in [0.2, 0.25) is 0 Å². The van der Waals surface area contributed by atoms with E-state index in [4.69, 9.17) is 9.84 Å². The third kappa shape index (κ3) is 4.58. The van der Waals surface area contributed by atoms with Crippen molar-refractivity contribution >= 4 is 50.8 Å². The lowest BCUT2D eigenvalue weighted by Gasteiger charge is -2.07. The normalized spacial score (nSPS) is 10.4. The molecule has 0 atom stereocenters. The molecule has 2 heterocycles. The van der Waals surface area contributed by atoms with Gasteiger partial charge in [-0.3, -0.25) is 9.59 Å². The first-order valence-electron chi connectivity index (χ1n) is 8.27. The average molecular weight is 493 g/mol. The summed E-state index contributed by atoms with van der Waals surface area (Å²) in [6, 6.07) is 9.46. The second-order valence-corrected chi connectivity index (χ2v) is 7.65. The molecule has 2 aromatic heterocycles. The Bertz CT molecular complexity index is 1200. The summed E-state index contributed by atoms with van der Waals surface area (Å²) in [7, 11) is 0. The Morgan fingerprint density at radius 3 is 2.60 bits per heavy atom. The summed E-state index contributed by atoms with van der Waals surface area (Å²) in [4.78, 5) is 49.2. The second kappa shape index (κ2) is 8.93. The average Bonchev–Trinajstić information content (AvgIpc) is 3.03. The van der Waals surface area contributed by atoms with Crippen molar-refractivity contribution < 1.29 is 29.3 Å². The van der Waals surface area contributed by atoms with Gasteiger partial charge >= 0.3 is 11.9 Å². The van der Waals surface area contributed by atoms with Gasteiger partial charge in [-0.1, -0.05) is 12.1 Å². The molecule has 3 rings (SSSR count). The van der Waals surface area contributed by atoms with Crippen molar-refractivity contribution in [3.63, 3.8) is 0 Å². The van der Waals surface area contributed by atoms with Crippen LogP contribution in [0.25, 0.3) is 10.4 Å². The molecule has 0 unspecified atom stereocenters. The van der Waals surface area contributed by atoms with Crippen LogP contribution in [0.3, 0.4) is 0 Å². The molecule has 0 spiro atoms. The Labute approximate surface area is 181 Å². The Kier molecular flexibility index (Phi) is 6.33. The number of pyridine rings is 1. The summed E-state index contributed by atoms with van der Waals surface area (Å²) in [5, 5.41) is 20.8. The van der Waals surface area contributed by atoms with E-state index < -0.39 is 30.0 Å². The molecule has 4 N–H and O–H groups in total. The summed E-state index contributed by atoms with van der Waals surface area (Å²) >= 11 is 4.17. The maximum atomic E-state index is 12.4. The van der Waals surface area contributed by atoms with Gasteiger partial charge in [-0.2, -0.15) is 0 Å². The number of aromatic nitrogens is 1. The SMILES string of the molecule is O=C(O)COc1c(C(=O)O)sc(-c2cccc(NC(=O)c3ccc[nH]c3=O)c2)c1Br. The molecule has 0 saturated heterocycles. The van der Waals surface area contributed by atoms with Crippen LogP contribution >= 0.6 is 27.3 Å². The van der Waals surface area contributed by atoms with E-state index in [9.17, 15) is 24.3 Å². The van der Waals surface area contributed by atoms with Gasteiger partial charge in [-0.15, -0.1) is 11.3 Å². The van der Waals surface area contributed by atoms with Crippen LogP contribution in [0.15, 0.2) is 51.9 Å². The van der Waals surface area contributed by atoms with Crippen LogP contribution in [0.1, 0.15) is 20.0 Å². The fourth-order valence-corrected chi connectivity index (χ4v) is 4.41. The predicted molar refractivity (Wildman–Crippen MR) is 113 cm³/mol. The number of thiophene rings is 1. The van der Waals surface area contributed by atoms with Crippen molar-refractivity contribution in [2.24, 2.45) is 0 Å². The lowest BCUT2D eigenvalue weighted by molar-refractivity contribution is -0.139. The number of benzene rings is 1. The van der Waals surface area contributed by atoms with Gasteiger partial charge in [0, 0.05) is 11.9 Å². The largest absolute Gasteiger partial charge is 0.479 e. The molecule has 0 saturated carbocycles. The van der Waals surface area contributed by atoms with Crippen LogP contribution in [0.2, 0.25) is 0 Å². The number of carbonyl (C=O) groups is 3. The predicted octanol–water partition coefficient (Wildman–Crippen LogP) is 3.28. The Morgan fingerprint density at radius 2 is 1.93 bits per heavy atom. The molecule has 1 amide bonds. The minimum Gasteiger partial charge on any atom is -0.479 e. The zero-order valence-corrected chi connectivity index (χ0v) is 17.4. The first-order chi connectivity index (χ1) is 14.3. The molecule has 3 aromatic rings. The number of carboxylic acid groups (broad SMARTS) is 2. The number of aromatic amines is 1. The van der Waals surface area contributed by atoms with Crippen molar-refractivity contribution in [2.45, 2.75) is 0 Å². The summed E-state index contributed by atoms with van der Waals surface area (Å²) in [5.41, 5.74) is 0.349. The third-order valence-electron chi connectivity index (χ3n) is 3.79. The monoisotopic (exact) mass is 492 g/mol. The number of nitrogens with one attached hydrogen (secondary N) is 2. The highest BCUT2D eigenvalue weighted by Crippen LogP contribution is 2.46. The van der Waals surface area contributed by atoms with Crippen LogP contribution in [0.5, 0.6) is 5.75 Å². The van der Waals surface area contributed by atoms with Crippen molar-refractivity contribution in [3.05, 3.63) is 67.9 Å². The van der Waals surface area contributed by atoms with Crippen LogP contribution in [-0.2, 0) is 4.79 Å². The van der Waals surface area contributed by atoms with Crippen LogP contribution in [-0.4, -0.2) is 39.6 Å². The van der Waals surface area contributed by atoms with E-state index in [-0.39, 0.29) is 20.7 Å². The molecule has 1 aromatic carbocycles. The Hall–Kier alpha value is -3.44. The number of ether oxygens (including phenoxy) is 1. The lowest BCUT2D eigenvalue weighted by atomic mass is 10.1. The molecule has 30 heavy (non-hydrogen) atoms. The number of rotatable bonds is 7. The fourth-order valence-electron chi connectivity index (χ4n) is 2.52. The Balaban J connectivity index is 1.94. The van der Waals surface area contributed by atoms with Gasteiger partial charge in [-0.25, -0.2) is 9.59 Å². The van der Waals surface area contributed by atoms with E-state index in [1.807, 2.05) is 0 Å². The van der Waals surface area contributed by atoms with Crippen molar-refractivity contribution in [2.75, 3.05) is 11.9 Å². The minimum absolute atomic E-state index is 0.0577. The number of amides is 1. The molecule has 154 valence electrons. The molecule has 0 fully saturated rings. The molecular weight excluding hydrogens is 480 g/mol.